The van der Waals surface area contributed by atoms with Crippen LogP contribution in [0.15, 0.2) is 29.4 Å². The highest BCUT2D eigenvalue weighted by Crippen LogP contribution is 2.25. The van der Waals surface area contributed by atoms with Crippen LogP contribution in [-0.4, -0.2) is 17.5 Å². The highest BCUT2D eigenvalue weighted by Gasteiger charge is 2.21. The smallest absolute Gasteiger partial charge is 0.271 e. The van der Waals surface area contributed by atoms with Crippen molar-refractivity contribution in [3.63, 3.8) is 0 Å². The van der Waals surface area contributed by atoms with E-state index in [4.69, 9.17) is 0 Å². The minimum atomic E-state index is -0.247. The number of benzene rings is 1. The molecule has 1 saturated carbocycles. The number of anilines is 1. The second-order valence-electron chi connectivity index (χ2n) is 6.04. The van der Waals surface area contributed by atoms with Crippen LogP contribution in [0.3, 0.4) is 0 Å². The van der Waals surface area contributed by atoms with Gasteiger partial charge in [-0.3, -0.25) is 9.59 Å². The van der Waals surface area contributed by atoms with Crippen molar-refractivity contribution in [2.24, 2.45) is 11.0 Å². The molecule has 1 aromatic carbocycles. The maximum atomic E-state index is 12.2. The van der Waals surface area contributed by atoms with Crippen LogP contribution >= 0.6 is 0 Å². The second-order valence-corrected chi connectivity index (χ2v) is 6.04. The summed E-state index contributed by atoms with van der Waals surface area (Å²) in [5, 5.41) is 6.94. The van der Waals surface area contributed by atoms with E-state index in [0.717, 1.165) is 43.5 Å². The highest BCUT2D eigenvalue weighted by atomic mass is 16.2. The van der Waals surface area contributed by atoms with Gasteiger partial charge in [-0.05, 0) is 50.5 Å². The van der Waals surface area contributed by atoms with Crippen LogP contribution in [0.5, 0.6) is 0 Å². The summed E-state index contributed by atoms with van der Waals surface area (Å²) in [5.41, 5.74) is 4.64. The van der Waals surface area contributed by atoms with Gasteiger partial charge in [0.2, 0.25) is 5.91 Å². The van der Waals surface area contributed by atoms with Gasteiger partial charge in [0.15, 0.2) is 0 Å². The van der Waals surface area contributed by atoms with Crippen LogP contribution in [0.2, 0.25) is 0 Å². The van der Waals surface area contributed by atoms with Crippen molar-refractivity contribution >= 4 is 23.2 Å². The number of hydrazone groups is 1. The zero-order valence-electron chi connectivity index (χ0n) is 13.9. The number of nitrogens with one attached hydrogen (secondary N) is 2. The summed E-state index contributed by atoms with van der Waals surface area (Å²) in [6.45, 7) is 3.85. The predicted octanol–water partition coefficient (Wildman–Crippen LogP) is 3.72. The van der Waals surface area contributed by atoms with Crippen LogP contribution in [0.4, 0.5) is 5.69 Å². The first-order valence-electron chi connectivity index (χ1n) is 8.34. The van der Waals surface area contributed by atoms with E-state index in [1.165, 1.54) is 6.42 Å². The minimum Gasteiger partial charge on any atom is -0.326 e. The van der Waals surface area contributed by atoms with E-state index in [9.17, 15) is 9.59 Å². The summed E-state index contributed by atoms with van der Waals surface area (Å²) in [7, 11) is 0. The molecule has 0 unspecified atom stereocenters. The van der Waals surface area contributed by atoms with Crippen LogP contribution < -0.4 is 10.7 Å². The number of hydrogen-bond acceptors (Lipinski definition) is 3. The van der Waals surface area contributed by atoms with Crippen LogP contribution in [0.1, 0.15) is 62.7 Å². The number of nitrogens with zero attached hydrogens (tertiary/aromatic N) is 1. The molecule has 0 spiro atoms. The van der Waals surface area contributed by atoms with E-state index in [-0.39, 0.29) is 17.7 Å². The van der Waals surface area contributed by atoms with Crippen molar-refractivity contribution in [3.05, 3.63) is 29.8 Å². The normalized spacial score (nSPS) is 16.0. The molecule has 124 valence electrons. The van der Waals surface area contributed by atoms with Crippen molar-refractivity contribution in [1.82, 2.24) is 5.43 Å². The van der Waals surface area contributed by atoms with E-state index < -0.39 is 0 Å². The summed E-state index contributed by atoms with van der Waals surface area (Å²) in [4.78, 5) is 24.1. The van der Waals surface area contributed by atoms with Gasteiger partial charge in [-0.2, -0.15) is 5.10 Å². The zero-order chi connectivity index (χ0) is 16.7. The number of carbonyl (C=O) groups is 2. The van der Waals surface area contributed by atoms with Gasteiger partial charge in [0.05, 0.1) is 0 Å². The molecule has 5 nitrogen and oxygen atoms in total. The maximum absolute atomic E-state index is 12.2. The molecule has 0 saturated heterocycles. The zero-order valence-corrected chi connectivity index (χ0v) is 13.9. The van der Waals surface area contributed by atoms with Crippen LogP contribution in [0.25, 0.3) is 0 Å². The summed E-state index contributed by atoms with van der Waals surface area (Å²) >= 11 is 0. The predicted molar refractivity (Wildman–Crippen MR) is 92.5 cm³/mol. The third-order valence-corrected chi connectivity index (χ3v) is 4.25. The first-order chi connectivity index (χ1) is 11.1. The molecule has 1 aromatic rings. The Morgan fingerprint density at radius 1 is 1.13 bits per heavy atom. The Labute approximate surface area is 137 Å². The SMILES string of the molecule is CC/C(C)=N\NC(=O)c1ccc(NC(=O)C2CCCCC2)cc1. The lowest BCUT2D eigenvalue weighted by Crippen LogP contribution is -2.24. The second kappa shape index (κ2) is 8.46. The summed E-state index contributed by atoms with van der Waals surface area (Å²) < 4.78 is 0. The first-order valence-corrected chi connectivity index (χ1v) is 8.34. The molecule has 0 atom stereocenters. The molecule has 0 aromatic heterocycles. The molecule has 5 heteroatoms. The molecule has 0 radical (unpaired) electrons. The molecule has 2 rings (SSSR count). The van der Waals surface area contributed by atoms with Gasteiger partial charge in [0, 0.05) is 22.9 Å². The monoisotopic (exact) mass is 315 g/mol. The average molecular weight is 315 g/mol. The molecule has 1 aliphatic carbocycles. The Morgan fingerprint density at radius 2 is 1.78 bits per heavy atom. The molecular weight excluding hydrogens is 290 g/mol. The van der Waals surface area contributed by atoms with E-state index in [0.29, 0.717) is 5.56 Å². The van der Waals surface area contributed by atoms with Crippen molar-refractivity contribution in [2.75, 3.05) is 5.32 Å². The van der Waals surface area contributed by atoms with Crippen molar-refractivity contribution in [3.8, 4) is 0 Å². The number of amides is 2. The summed E-state index contributed by atoms with van der Waals surface area (Å²) in [5.74, 6) is -0.0360. The summed E-state index contributed by atoms with van der Waals surface area (Å²) in [6.07, 6.45) is 6.24. The molecule has 23 heavy (non-hydrogen) atoms. The maximum Gasteiger partial charge on any atom is 0.271 e. The van der Waals surface area contributed by atoms with Gasteiger partial charge in [-0.1, -0.05) is 26.2 Å². The van der Waals surface area contributed by atoms with E-state index in [1.807, 2.05) is 13.8 Å². The third kappa shape index (κ3) is 5.20. The fourth-order valence-electron chi connectivity index (χ4n) is 2.60. The number of carbonyl (C=O) groups excluding carboxylic acids is 2. The molecule has 2 N–H and O–H groups in total. The molecule has 0 heterocycles. The Hall–Kier alpha value is -2.17. The number of rotatable bonds is 5. The fourth-order valence-corrected chi connectivity index (χ4v) is 2.60. The molecule has 1 fully saturated rings. The lowest BCUT2D eigenvalue weighted by Gasteiger charge is -2.20. The lowest BCUT2D eigenvalue weighted by atomic mass is 9.88. The largest absolute Gasteiger partial charge is 0.326 e. The van der Waals surface area contributed by atoms with Gasteiger partial charge in [0.25, 0.3) is 5.91 Å². The Balaban J connectivity index is 1.91. The van der Waals surface area contributed by atoms with Gasteiger partial charge in [-0.15, -0.1) is 0 Å². The van der Waals surface area contributed by atoms with Gasteiger partial charge < -0.3 is 5.32 Å². The molecule has 1 aliphatic rings. The van der Waals surface area contributed by atoms with Crippen molar-refractivity contribution in [1.29, 1.82) is 0 Å². The first kappa shape index (κ1) is 17.2. The topological polar surface area (TPSA) is 70.6 Å². The van der Waals surface area contributed by atoms with E-state index in [1.54, 1.807) is 24.3 Å². The van der Waals surface area contributed by atoms with E-state index >= 15 is 0 Å². The third-order valence-electron chi connectivity index (χ3n) is 4.25. The van der Waals surface area contributed by atoms with Gasteiger partial charge in [-0.25, -0.2) is 5.43 Å². The number of hydrogen-bond donors (Lipinski definition) is 2. The fraction of sp³-hybridized carbons (Fsp3) is 0.500. The molecule has 0 aliphatic heterocycles. The molecular formula is C18H25N3O2. The van der Waals surface area contributed by atoms with Crippen molar-refractivity contribution in [2.45, 2.75) is 52.4 Å². The standard InChI is InChI=1S/C18H25N3O2/c1-3-13(2)20-21-18(23)15-9-11-16(12-10-15)19-17(22)14-7-5-4-6-8-14/h9-12,14H,3-8H2,1-2H3,(H,19,22)(H,21,23)/b20-13-. The lowest BCUT2D eigenvalue weighted by molar-refractivity contribution is -0.120. The summed E-state index contributed by atoms with van der Waals surface area (Å²) in [6, 6.07) is 6.91. The van der Waals surface area contributed by atoms with Crippen LogP contribution in [0, 0.1) is 5.92 Å². The van der Waals surface area contributed by atoms with Gasteiger partial charge in [0.1, 0.15) is 0 Å². The Kier molecular flexibility index (Phi) is 6.32. The van der Waals surface area contributed by atoms with Gasteiger partial charge >= 0.3 is 0 Å². The van der Waals surface area contributed by atoms with E-state index in [2.05, 4.69) is 15.8 Å². The highest BCUT2D eigenvalue weighted by molar-refractivity contribution is 5.96. The quantitative estimate of drug-likeness (QED) is 0.642. The Morgan fingerprint density at radius 3 is 2.39 bits per heavy atom. The average Bonchev–Trinajstić information content (AvgIpc) is 2.60. The molecule has 2 amide bonds. The van der Waals surface area contributed by atoms with Crippen LogP contribution in [-0.2, 0) is 4.79 Å². The molecule has 0 bridgehead atoms. The Bertz CT molecular complexity index is 572. The minimum absolute atomic E-state index is 0.0880. The van der Waals surface area contributed by atoms with Crippen molar-refractivity contribution < 1.29 is 9.59 Å².